The van der Waals surface area contributed by atoms with Crippen LogP contribution in [0.4, 0.5) is 0 Å². The number of likely N-dealkylation sites (tertiary alicyclic amines) is 3. The Bertz CT molecular complexity index is 560. The monoisotopic (exact) mass is 535 g/mol. The van der Waals surface area contributed by atoms with Gasteiger partial charge in [-0.2, -0.15) is 0 Å². The second-order valence-electron chi connectivity index (χ2n) is 9.01. The van der Waals surface area contributed by atoms with Crippen LogP contribution >= 0.6 is 24.0 Å². The van der Waals surface area contributed by atoms with Crippen LogP contribution in [0.15, 0.2) is 4.99 Å². The van der Waals surface area contributed by atoms with Crippen molar-refractivity contribution in [1.29, 1.82) is 0 Å². The van der Waals surface area contributed by atoms with Gasteiger partial charge in [-0.05, 0) is 78.7 Å². The van der Waals surface area contributed by atoms with Crippen molar-refractivity contribution in [3.8, 4) is 0 Å². The van der Waals surface area contributed by atoms with E-state index in [4.69, 9.17) is 4.74 Å². The first-order valence-corrected chi connectivity index (χ1v) is 11.6. The van der Waals surface area contributed by atoms with E-state index in [9.17, 15) is 4.79 Å². The van der Waals surface area contributed by atoms with Gasteiger partial charge in [-0.15, -0.1) is 24.0 Å². The number of nitrogens with one attached hydrogen (secondary N) is 1. The van der Waals surface area contributed by atoms with Crippen LogP contribution in [-0.2, 0) is 9.53 Å². The number of ether oxygens (including phenoxy) is 1. The van der Waals surface area contributed by atoms with Gasteiger partial charge in [-0.25, -0.2) is 0 Å². The number of rotatable bonds is 5. The summed E-state index contributed by atoms with van der Waals surface area (Å²) in [6.07, 6.45) is 8.34. The summed E-state index contributed by atoms with van der Waals surface area (Å²) in [6.45, 7) is 9.69. The Hall–Kier alpha value is -0.610. The molecule has 7 nitrogen and oxygen atoms in total. The molecule has 0 aromatic carbocycles. The Balaban J connectivity index is 0.00000320. The summed E-state index contributed by atoms with van der Waals surface area (Å²) in [5.74, 6) is 0.837. The van der Waals surface area contributed by atoms with E-state index in [0.717, 1.165) is 45.0 Å². The highest BCUT2D eigenvalue weighted by atomic mass is 127. The second kappa shape index (κ2) is 12.4. The lowest BCUT2D eigenvalue weighted by Crippen LogP contribution is -2.62. The maximum Gasteiger partial charge on any atom is 0.310 e. The Morgan fingerprint density at radius 3 is 2.43 bits per heavy atom. The number of carbonyl (C=O) groups excluding carboxylic acids is 1. The molecule has 3 aliphatic heterocycles. The van der Waals surface area contributed by atoms with Gasteiger partial charge in [0.25, 0.3) is 0 Å². The molecule has 3 saturated heterocycles. The number of nitrogens with zero attached hydrogens (tertiary/aromatic N) is 4. The van der Waals surface area contributed by atoms with Crippen molar-refractivity contribution in [2.45, 2.75) is 57.4 Å². The minimum absolute atomic E-state index is 0. The summed E-state index contributed by atoms with van der Waals surface area (Å²) in [5, 5.41) is 3.72. The maximum atomic E-state index is 12.2. The van der Waals surface area contributed by atoms with Gasteiger partial charge >= 0.3 is 5.97 Å². The van der Waals surface area contributed by atoms with E-state index in [0.29, 0.717) is 13.2 Å². The zero-order valence-electron chi connectivity index (χ0n) is 19.2. The van der Waals surface area contributed by atoms with Crippen molar-refractivity contribution in [2.24, 2.45) is 10.9 Å². The molecular weight excluding hydrogens is 493 g/mol. The maximum absolute atomic E-state index is 12.2. The number of carbonyl (C=O) groups is 1. The smallest absolute Gasteiger partial charge is 0.310 e. The zero-order valence-corrected chi connectivity index (χ0v) is 21.5. The van der Waals surface area contributed by atoms with Gasteiger partial charge in [-0.1, -0.05) is 6.42 Å². The molecule has 0 amide bonds. The fourth-order valence-electron chi connectivity index (χ4n) is 5.21. The summed E-state index contributed by atoms with van der Waals surface area (Å²) in [4.78, 5) is 24.3. The van der Waals surface area contributed by atoms with Crippen LogP contribution in [0, 0.1) is 5.92 Å². The molecule has 0 aromatic heterocycles. The van der Waals surface area contributed by atoms with E-state index in [-0.39, 0.29) is 41.4 Å². The third-order valence-corrected chi connectivity index (χ3v) is 7.07. The van der Waals surface area contributed by atoms with Gasteiger partial charge in [0.15, 0.2) is 5.96 Å². The van der Waals surface area contributed by atoms with Crippen LogP contribution in [0.5, 0.6) is 0 Å². The SMILES string of the molecule is CCOC(=O)C1CCCN(C(=NC)NCC2(N3CCCCC3)CCN(C)CC2)C1.I. The predicted octanol–water partition coefficient (Wildman–Crippen LogP) is 2.41. The first kappa shape index (κ1) is 25.6. The van der Waals surface area contributed by atoms with Crippen molar-refractivity contribution >= 4 is 35.9 Å². The van der Waals surface area contributed by atoms with E-state index < -0.39 is 0 Å². The molecule has 3 aliphatic rings. The minimum Gasteiger partial charge on any atom is -0.466 e. The molecule has 0 aromatic rings. The Labute approximate surface area is 200 Å². The van der Waals surface area contributed by atoms with Gasteiger partial charge in [0.2, 0.25) is 0 Å². The molecule has 3 heterocycles. The van der Waals surface area contributed by atoms with Crippen LogP contribution < -0.4 is 5.32 Å². The largest absolute Gasteiger partial charge is 0.466 e. The number of aliphatic imine (C=N–C) groups is 1. The molecule has 0 aliphatic carbocycles. The van der Waals surface area contributed by atoms with Crippen LogP contribution in [0.25, 0.3) is 0 Å². The summed E-state index contributed by atoms with van der Waals surface area (Å²) in [5.41, 5.74) is 0.221. The first-order chi connectivity index (χ1) is 14.1. The standard InChI is InChI=1S/C22H41N5O2.HI/c1-4-29-20(28)19-9-8-12-26(17-19)21(23-2)24-18-22(10-15-25(3)16-11-22)27-13-6-5-7-14-27;/h19H,4-18H2,1-3H3,(H,23,24);1H. The second-order valence-corrected chi connectivity index (χ2v) is 9.01. The summed E-state index contributed by atoms with van der Waals surface area (Å²) in [6, 6.07) is 0. The lowest BCUT2D eigenvalue weighted by molar-refractivity contribution is -0.149. The minimum atomic E-state index is -0.0623. The lowest BCUT2D eigenvalue weighted by Gasteiger charge is -2.50. The van der Waals surface area contributed by atoms with Crippen LogP contribution in [0.3, 0.4) is 0 Å². The van der Waals surface area contributed by atoms with Crippen molar-refractivity contribution in [1.82, 2.24) is 20.0 Å². The summed E-state index contributed by atoms with van der Waals surface area (Å²) < 4.78 is 5.27. The highest BCUT2D eigenvalue weighted by Gasteiger charge is 2.40. The molecule has 3 fully saturated rings. The lowest BCUT2D eigenvalue weighted by atomic mass is 9.84. The van der Waals surface area contributed by atoms with E-state index >= 15 is 0 Å². The van der Waals surface area contributed by atoms with E-state index in [1.807, 2.05) is 14.0 Å². The van der Waals surface area contributed by atoms with Gasteiger partial charge in [0, 0.05) is 32.2 Å². The predicted molar refractivity (Wildman–Crippen MR) is 133 cm³/mol. The van der Waals surface area contributed by atoms with Crippen LogP contribution in [0.2, 0.25) is 0 Å². The molecule has 0 radical (unpaired) electrons. The molecular formula is C22H42IN5O2. The fraction of sp³-hybridized carbons (Fsp3) is 0.909. The third-order valence-electron chi connectivity index (χ3n) is 7.07. The van der Waals surface area contributed by atoms with Gasteiger partial charge in [0.05, 0.1) is 12.5 Å². The average molecular weight is 536 g/mol. The quantitative estimate of drug-likeness (QED) is 0.253. The Morgan fingerprint density at radius 2 is 1.80 bits per heavy atom. The van der Waals surface area contributed by atoms with Crippen molar-refractivity contribution in [3.63, 3.8) is 0 Å². The summed E-state index contributed by atoms with van der Waals surface area (Å²) >= 11 is 0. The molecule has 1 N–H and O–H groups in total. The van der Waals surface area contributed by atoms with Gasteiger partial charge < -0.3 is 19.9 Å². The highest BCUT2D eigenvalue weighted by molar-refractivity contribution is 14.0. The summed E-state index contributed by atoms with van der Waals surface area (Å²) in [7, 11) is 4.09. The fourth-order valence-corrected chi connectivity index (χ4v) is 5.21. The molecule has 8 heteroatoms. The number of hydrogen-bond acceptors (Lipinski definition) is 5. The number of esters is 1. The zero-order chi connectivity index (χ0) is 20.7. The molecule has 0 saturated carbocycles. The number of piperidine rings is 3. The van der Waals surface area contributed by atoms with E-state index in [1.165, 1.54) is 45.2 Å². The van der Waals surface area contributed by atoms with E-state index in [1.54, 1.807) is 0 Å². The topological polar surface area (TPSA) is 60.4 Å². The third kappa shape index (κ3) is 6.45. The molecule has 1 unspecified atom stereocenters. The number of halogens is 1. The van der Waals surface area contributed by atoms with Gasteiger partial charge in [-0.3, -0.25) is 14.7 Å². The van der Waals surface area contributed by atoms with Crippen LogP contribution in [0.1, 0.15) is 51.9 Å². The Morgan fingerprint density at radius 1 is 1.10 bits per heavy atom. The van der Waals surface area contributed by atoms with Crippen molar-refractivity contribution in [3.05, 3.63) is 0 Å². The van der Waals surface area contributed by atoms with E-state index in [2.05, 4.69) is 32.1 Å². The molecule has 174 valence electrons. The molecule has 0 bridgehead atoms. The normalized spacial score (nSPS) is 26.0. The Kier molecular flexibility index (Phi) is 10.6. The highest BCUT2D eigenvalue weighted by Crippen LogP contribution is 2.31. The van der Waals surface area contributed by atoms with Gasteiger partial charge in [0.1, 0.15) is 0 Å². The van der Waals surface area contributed by atoms with Crippen LogP contribution in [-0.4, -0.2) is 98.7 Å². The molecule has 3 rings (SSSR count). The molecule has 30 heavy (non-hydrogen) atoms. The first-order valence-electron chi connectivity index (χ1n) is 11.6. The van der Waals surface area contributed by atoms with Crippen molar-refractivity contribution < 1.29 is 9.53 Å². The van der Waals surface area contributed by atoms with Crippen molar-refractivity contribution in [2.75, 3.05) is 66.5 Å². The molecule has 0 spiro atoms. The number of hydrogen-bond donors (Lipinski definition) is 1. The average Bonchev–Trinajstić information content (AvgIpc) is 2.77. The number of guanidine groups is 1. The molecule has 1 atom stereocenters.